The summed E-state index contributed by atoms with van der Waals surface area (Å²) in [6.07, 6.45) is 0.897. The van der Waals surface area contributed by atoms with Crippen molar-refractivity contribution in [2.45, 2.75) is 40.0 Å². The van der Waals surface area contributed by atoms with Crippen LogP contribution in [-0.2, 0) is 9.59 Å². The largest absolute Gasteiger partial charge is 0.336 e. The summed E-state index contributed by atoms with van der Waals surface area (Å²) in [5, 5.41) is 2.93. The first-order valence-electron chi connectivity index (χ1n) is 9.51. The van der Waals surface area contributed by atoms with Gasteiger partial charge < -0.3 is 10.2 Å². The van der Waals surface area contributed by atoms with Gasteiger partial charge in [-0.1, -0.05) is 62.7 Å². The molecule has 2 rings (SSSR count). The molecule has 0 saturated carbocycles. The predicted octanol–water partition coefficient (Wildman–Crippen LogP) is 4.53. The summed E-state index contributed by atoms with van der Waals surface area (Å²) in [6.45, 7) is 8.19. The Morgan fingerprint density at radius 2 is 1.70 bits per heavy atom. The third kappa shape index (κ3) is 5.19. The maximum absolute atomic E-state index is 13.1. The van der Waals surface area contributed by atoms with Crippen LogP contribution < -0.4 is 5.32 Å². The lowest BCUT2D eigenvalue weighted by Gasteiger charge is -2.27. The second-order valence-electron chi connectivity index (χ2n) is 7.26. The van der Waals surface area contributed by atoms with E-state index in [1.54, 1.807) is 7.05 Å². The first kappa shape index (κ1) is 20.7. The number of hydrogen-bond acceptors (Lipinski definition) is 2. The third-order valence-electron chi connectivity index (χ3n) is 5.27. The van der Waals surface area contributed by atoms with Crippen LogP contribution in [0.2, 0.25) is 0 Å². The van der Waals surface area contributed by atoms with Crippen molar-refractivity contribution < 1.29 is 9.59 Å². The fraction of sp³-hybridized carbons (Fsp3) is 0.391. The molecule has 2 atom stereocenters. The molecule has 0 spiro atoms. The van der Waals surface area contributed by atoms with Crippen LogP contribution in [0.4, 0.5) is 5.69 Å². The van der Waals surface area contributed by atoms with Crippen molar-refractivity contribution in [3.05, 3.63) is 65.2 Å². The maximum atomic E-state index is 13.1. The number of nitrogens with one attached hydrogen (secondary N) is 1. The highest BCUT2D eigenvalue weighted by atomic mass is 16.2. The van der Waals surface area contributed by atoms with Crippen LogP contribution in [0.15, 0.2) is 48.5 Å². The van der Waals surface area contributed by atoms with Gasteiger partial charge in [0.1, 0.15) is 0 Å². The number of carbonyl (C=O) groups excluding carboxylic acids is 2. The number of hydrogen-bond donors (Lipinski definition) is 1. The number of likely N-dealkylation sites (N-methyl/N-ethyl adjacent to an activating group) is 1. The Labute approximate surface area is 162 Å². The van der Waals surface area contributed by atoms with Gasteiger partial charge in [0.15, 0.2) is 0 Å². The Morgan fingerprint density at radius 1 is 1.04 bits per heavy atom. The van der Waals surface area contributed by atoms with Crippen LogP contribution >= 0.6 is 0 Å². The Morgan fingerprint density at radius 3 is 2.33 bits per heavy atom. The molecular weight excluding hydrogens is 336 g/mol. The molecular formula is C23H30N2O2. The zero-order chi connectivity index (χ0) is 20.0. The first-order valence-corrected chi connectivity index (χ1v) is 9.51. The molecule has 2 aromatic carbocycles. The molecule has 0 fully saturated rings. The summed E-state index contributed by atoms with van der Waals surface area (Å²) in [5.74, 6) is -0.249. The first-order chi connectivity index (χ1) is 12.8. The highest BCUT2D eigenvalue weighted by Crippen LogP contribution is 2.28. The van der Waals surface area contributed by atoms with Crippen molar-refractivity contribution in [2.24, 2.45) is 5.92 Å². The monoisotopic (exact) mass is 366 g/mol. The number of nitrogens with zero attached hydrogens (tertiary/aromatic N) is 1. The van der Waals surface area contributed by atoms with E-state index in [1.165, 1.54) is 4.90 Å². The topological polar surface area (TPSA) is 49.4 Å². The molecule has 144 valence electrons. The average Bonchev–Trinajstić information content (AvgIpc) is 2.66. The van der Waals surface area contributed by atoms with Gasteiger partial charge in [0.25, 0.3) is 0 Å². The molecule has 4 heteroatoms. The smallest absolute Gasteiger partial charge is 0.243 e. The van der Waals surface area contributed by atoms with E-state index in [0.717, 1.165) is 28.8 Å². The van der Waals surface area contributed by atoms with E-state index in [-0.39, 0.29) is 30.2 Å². The minimum atomic E-state index is -0.241. The van der Waals surface area contributed by atoms with E-state index in [4.69, 9.17) is 0 Å². The van der Waals surface area contributed by atoms with Crippen molar-refractivity contribution >= 4 is 17.5 Å². The Bertz CT molecular complexity index is 786. The van der Waals surface area contributed by atoms with E-state index in [9.17, 15) is 9.59 Å². The quantitative estimate of drug-likeness (QED) is 0.783. The van der Waals surface area contributed by atoms with E-state index in [2.05, 4.69) is 19.2 Å². The van der Waals surface area contributed by atoms with Gasteiger partial charge in [-0.15, -0.1) is 0 Å². The molecule has 0 saturated heterocycles. The molecule has 0 radical (unpaired) electrons. The van der Waals surface area contributed by atoms with Crippen molar-refractivity contribution in [1.29, 1.82) is 0 Å². The summed E-state index contributed by atoms with van der Waals surface area (Å²) in [7, 11) is 1.70. The minimum absolute atomic E-state index is 0.0216. The van der Waals surface area contributed by atoms with E-state index >= 15 is 0 Å². The number of benzene rings is 2. The Hall–Kier alpha value is -2.62. The zero-order valence-corrected chi connectivity index (χ0v) is 17.0. The van der Waals surface area contributed by atoms with Gasteiger partial charge in [0, 0.05) is 12.7 Å². The molecule has 2 aromatic rings. The number of amides is 2. The molecule has 0 aliphatic rings. The van der Waals surface area contributed by atoms with E-state index in [1.807, 2.05) is 62.4 Å². The highest BCUT2D eigenvalue weighted by molar-refractivity contribution is 5.96. The highest BCUT2D eigenvalue weighted by Gasteiger charge is 2.29. The molecule has 0 aliphatic heterocycles. The summed E-state index contributed by atoms with van der Waals surface area (Å²) in [5.41, 5.74) is 3.96. The number of aryl methyl sites for hydroxylation is 1. The summed E-state index contributed by atoms with van der Waals surface area (Å²) in [6, 6.07) is 15.6. The summed E-state index contributed by atoms with van der Waals surface area (Å²) in [4.78, 5) is 27.1. The average molecular weight is 367 g/mol. The SMILES string of the molecule is CCC(C)C(C(=O)N(C)CC(=O)Nc1cccc(C)c1C)c1ccccc1. The molecule has 0 bridgehead atoms. The second-order valence-corrected chi connectivity index (χ2v) is 7.26. The number of rotatable bonds is 7. The van der Waals surface area contributed by atoms with Gasteiger partial charge in [-0.25, -0.2) is 0 Å². The van der Waals surface area contributed by atoms with Crippen LogP contribution in [0.5, 0.6) is 0 Å². The molecule has 0 aromatic heterocycles. The summed E-state index contributed by atoms with van der Waals surface area (Å²) >= 11 is 0. The van der Waals surface area contributed by atoms with Gasteiger partial charge in [0.2, 0.25) is 11.8 Å². The lowest BCUT2D eigenvalue weighted by molar-refractivity contribution is -0.135. The molecule has 4 nitrogen and oxygen atoms in total. The van der Waals surface area contributed by atoms with Crippen molar-refractivity contribution in [2.75, 3.05) is 18.9 Å². The fourth-order valence-corrected chi connectivity index (χ4v) is 3.22. The minimum Gasteiger partial charge on any atom is -0.336 e. The molecule has 0 aliphatic carbocycles. The normalized spacial score (nSPS) is 12.9. The third-order valence-corrected chi connectivity index (χ3v) is 5.27. The van der Waals surface area contributed by atoms with Gasteiger partial charge in [0.05, 0.1) is 12.5 Å². The predicted molar refractivity (Wildman–Crippen MR) is 111 cm³/mol. The van der Waals surface area contributed by atoms with Gasteiger partial charge in [-0.3, -0.25) is 9.59 Å². The standard InChI is InChI=1S/C23H30N2O2/c1-6-16(2)22(19-12-8-7-9-13-19)23(27)25(5)15-21(26)24-20-14-10-11-17(3)18(20)4/h7-14,16,22H,6,15H2,1-5H3,(H,24,26). The van der Waals surface area contributed by atoms with Gasteiger partial charge in [-0.05, 0) is 42.5 Å². The lowest BCUT2D eigenvalue weighted by atomic mass is 9.84. The Balaban J connectivity index is 2.10. The number of anilines is 1. The molecule has 2 unspecified atom stereocenters. The maximum Gasteiger partial charge on any atom is 0.243 e. The fourth-order valence-electron chi connectivity index (χ4n) is 3.22. The van der Waals surface area contributed by atoms with Gasteiger partial charge >= 0.3 is 0 Å². The van der Waals surface area contributed by atoms with Gasteiger partial charge in [-0.2, -0.15) is 0 Å². The van der Waals surface area contributed by atoms with Crippen molar-refractivity contribution in [3.63, 3.8) is 0 Å². The summed E-state index contributed by atoms with van der Waals surface area (Å²) < 4.78 is 0. The number of carbonyl (C=O) groups is 2. The van der Waals surface area contributed by atoms with Crippen LogP contribution in [-0.4, -0.2) is 30.3 Å². The molecule has 1 N–H and O–H groups in total. The van der Waals surface area contributed by atoms with Crippen molar-refractivity contribution in [1.82, 2.24) is 4.90 Å². The molecule has 2 amide bonds. The van der Waals surface area contributed by atoms with E-state index < -0.39 is 0 Å². The van der Waals surface area contributed by atoms with Crippen LogP contribution in [0, 0.1) is 19.8 Å². The van der Waals surface area contributed by atoms with Crippen LogP contribution in [0.1, 0.15) is 42.9 Å². The van der Waals surface area contributed by atoms with E-state index in [0.29, 0.717) is 0 Å². The second kappa shape index (κ2) is 9.36. The zero-order valence-electron chi connectivity index (χ0n) is 17.0. The van der Waals surface area contributed by atoms with Crippen molar-refractivity contribution in [3.8, 4) is 0 Å². The lowest BCUT2D eigenvalue weighted by Crippen LogP contribution is -2.39. The van der Waals surface area contributed by atoms with Crippen LogP contribution in [0.3, 0.4) is 0 Å². The molecule has 0 heterocycles. The van der Waals surface area contributed by atoms with Crippen LogP contribution in [0.25, 0.3) is 0 Å². The molecule has 27 heavy (non-hydrogen) atoms. The Kier molecular flexibility index (Phi) is 7.17.